The maximum Gasteiger partial charge on any atom is 0.270 e. The minimum absolute atomic E-state index is 0.0362. The Labute approximate surface area is 152 Å². The third-order valence-corrected chi connectivity index (χ3v) is 4.34. The molecule has 0 spiro atoms. The Morgan fingerprint density at radius 3 is 2.58 bits per heavy atom. The molecule has 1 N–H and O–H groups in total. The molecule has 3 aromatic rings. The Balaban J connectivity index is 1.85. The fourth-order valence-electron chi connectivity index (χ4n) is 2.85. The number of fused-ring (bicyclic) bond motifs is 1. The molecule has 2 heterocycles. The van der Waals surface area contributed by atoms with E-state index >= 15 is 0 Å². The summed E-state index contributed by atoms with van der Waals surface area (Å²) in [4.78, 5) is 15.0. The lowest BCUT2D eigenvalue weighted by molar-refractivity contribution is -0.384. The molecule has 0 amide bonds. The molecule has 0 saturated heterocycles. The first-order chi connectivity index (χ1) is 12.1. The fraction of sp³-hybridized carbons (Fsp3) is 0.368. The van der Waals surface area contributed by atoms with Crippen molar-refractivity contribution in [3.05, 3.63) is 57.9 Å². The molecule has 3 rings (SSSR count). The van der Waals surface area contributed by atoms with Crippen LogP contribution in [0.15, 0.2) is 36.5 Å². The van der Waals surface area contributed by atoms with E-state index in [0.29, 0.717) is 0 Å². The van der Waals surface area contributed by atoms with Crippen LogP contribution >= 0.6 is 0 Å². The van der Waals surface area contributed by atoms with Crippen molar-refractivity contribution in [1.82, 2.24) is 14.8 Å². The van der Waals surface area contributed by atoms with Crippen molar-refractivity contribution in [3.63, 3.8) is 0 Å². The SMILES string of the molecule is Cc1nn(C(C)(C)C)cc1C(C)Nc1ccc2cc([N+](=O)[O-])ccc2n1. The smallest absolute Gasteiger partial charge is 0.270 e. The Morgan fingerprint density at radius 2 is 1.96 bits per heavy atom. The van der Waals surface area contributed by atoms with Crippen LogP contribution in [0.25, 0.3) is 10.9 Å². The second-order valence-electron chi connectivity index (χ2n) is 7.48. The lowest BCUT2D eigenvalue weighted by atomic mass is 10.1. The zero-order valence-corrected chi connectivity index (χ0v) is 15.6. The average molecular weight is 353 g/mol. The number of rotatable bonds is 4. The van der Waals surface area contributed by atoms with Crippen LogP contribution in [-0.4, -0.2) is 19.7 Å². The van der Waals surface area contributed by atoms with Gasteiger partial charge in [0.05, 0.1) is 27.7 Å². The summed E-state index contributed by atoms with van der Waals surface area (Å²) in [7, 11) is 0. The van der Waals surface area contributed by atoms with Crippen molar-refractivity contribution in [2.24, 2.45) is 0 Å². The molecule has 7 heteroatoms. The molecular formula is C19H23N5O2. The van der Waals surface area contributed by atoms with Gasteiger partial charge in [-0.2, -0.15) is 5.10 Å². The van der Waals surface area contributed by atoms with Crippen molar-refractivity contribution in [2.45, 2.75) is 46.2 Å². The summed E-state index contributed by atoms with van der Waals surface area (Å²) in [6.45, 7) is 10.4. The van der Waals surface area contributed by atoms with E-state index in [-0.39, 0.29) is 17.3 Å². The van der Waals surface area contributed by atoms with Gasteiger partial charge in [-0.15, -0.1) is 0 Å². The number of hydrogen-bond donors (Lipinski definition) is 1. The molecule has 0 saturated carbocycles. The van der Waals surface area contributed by atoms with Gasteiger partial charge in [0.2, 0.25) is 0 Å². The zero-order valence-electron chi connectivity index (χ0n) is 15.6. The molecule has 0 aliphatic carbocycles. The monoisotopic (exact) mass is 353 g/mol. The van der Waals surface area contributed by atoms with Gasteiger partial charge in [-0.3, -0.25) is 14.8 Å². The summed E-state index contributed by atoms with van der Waals surface area (Å²) in [5.74, 6) is 0.724. The van der Waals surface area contributed by atoms with Crippen LogP contribution in [-0.2, 0) is 5.54 Å². The number of nitro groups is 1. The fourth-order valence-corrected chi connectivity index (χ4v) is 2.85. The lowest BCUT2D eigenvalue weighted by Crippen LogP contribution is -2.22. The third-order valence-electron chi connectivity index (χ3n) is 4.34. The van der Waals surface area contributed by atoms with Gasteiger partial charge in [-0.05, 0) is 52.8 Å². The van der Waals surface area contributed by atoms with E-state index in [2.05, 4.69) is 49.3 Å². The van der Waals surface area contributed by atoms with E-state index in [1.807, 2.05) is 23.7 Å². The van der Waals surface area contributed by atoms with Gasteiger partial charge >= 0.3 is 0 Å². The summed E-state index contributed by atoms with van der Waals surface area (Å²) in [5.41, 5.74) is 2.81. The van der Waals surface area contributed by atoms with E-state index in [1.165, 1.54) is 12.1 Å². The topological polar surface area (TPSA) is 85.9 Å². The summed E-state index contributed by atoms with van der Waals surface area (Å²) >= 11 is 0. The number of hydrogen-bond acceptors (Lipinski definition) is 5. The molecule has 2 aromatic heterocycles. The molecule has 0 aliphatic heterocycles. The highest BCUT2D eigenvalue weighted by atomic mass is 16.6. The standard InChI is InChI=1S/C19H23N5O2/c1-12(16-11-23(19(3,4)5)22-13(16)2)20-18-9-6-14-10-15(24(25)26)7-8-17(14)21-18/h6-12H,1-5H3,(H,20,21). The number of aromatic nitrogens is 3. The predicted molar refractivity (Wildman–Crippen MR) is 102 cm³/mol. The number of aryl methyl sites for hydroxylation is 1. The van der Waals surface area contributed by atoms with Gasteiger partial charge in [-0.25, -0.2) is 4.98 Å². The van der Waals surface area contributed by atoms with Crippen molar-refractivity contribution in [2.75, 3.05) is 5.32 Å². The summed E-state index contributed by atoms with van der Waals surface area (Å²) in [6.07, 6.45) is 2.07. The lowest BCUT2D eigenvalue weighted by Gasteiger charge is -2.19. The van der Waals surface area contributed by atoms with Gasteiger partial charge in [0.15, 0.2) is 0 Å². The van der Waals surface area contributed by atoms with E-state index in [1.54, 1.807) is 6.07 Å². The van der Waals surface area contributed by atoms with Crippen molar-refractivity contribution in [1.29, 1.82) is 0 Å². The van der Waals surface area contributed by atoms with Crippen LogP contribution in [0.4, 0.5) is 11.5 Å². The van der Waals surface area contributed by atoms with Crippen LogP contribution in [0.5, 0.6) is 0 Å². The number of benzene rings is 1. The largest absolute Gasteiger partial charge is 0.363 e. The molecule has 7 nitrogen and oxygen atoms in total. The quantitative estimate of drug-likeness (QED) is 0.548. The number of anilines is 1. The predicted octanol–water partition coefficient (Wildman–Crippen LogP) is 4.58. The minimum atomic E-state index is -0.399. The van der Waals surface area contributed by atoms with Gasteiger partial charge in [-0.1, -0.05) is 0 Å². The van der Waals surface area contributed by atoms with Gasteiger partial charge in [0, 0.05) is 29.3 Å². The van der Waals surface area contributed by atoms with E-state index in [0.717, 1.165) is 28.0 Å². The van der Waals surface area contributed by atoms with Crippen LogP contribution < -0.4 is 5.32 Å². The number of pyridine rings is 1. The van der Waals surface area contributed by atoms with E-state index in [9.17, 15) is 10.1 Å². The molecule has 0 aliphatic rings. The number of nitro benzene ring substituents is 1. The van der Waals surface area contributed by atoms with Crippen molar-refractivity contribution < 1.29 is 4.92 Å². The highest BCUT2D eigenvalue weighted by Crippen LogP contribution is 2.26. The molecule has 1 aromatic carbocycles. The average Bonchev–Trinajstić information content (AvgIpc) is 2.96. The molecule has 26 heavy (non-hydrogen) atoms. The van der Waals surface area contributed by atoms with Crippen molar-refractivity contribution in [3.8, 4) is 0 Å². The molecule has 136 valence electrons. The summed E-state index contributed by atoms with van der Waals surface area (Å²) in [5, 5.41) is 19.6. The van der Waals surface area contributed by atoms with Crippen LogP contribution in [0.2, 0.25) is 0 Å². The van der Waals surface area contributed by atoms with E-state index < -0.39 is 4.92 Å². The minimum Gasteiger partial charge on any atom is -0.363 e. The number of nitrogens with one attached hydrogen (secondary N) is 1. The molecule has 0 radical (unpaired) electrons. The van der Waals surface area contributed by atoms with Gasteiger partial charge < -0.3 is 5.32 Å². The van der Waals surface area contributed by atoms with Crippen LogP contribution in [0.1, 0.15) is 45.0 Å². The summed E-state index contributed by atoms with van der Waals surface area (Å²) < 4.78 is 1.97. The van der Waals surface area contributed by atoms with Crippen LogP contribution in [0.3, 0.4) is 0 Å². The molecule has 0 fully saturated rings. The zero-order chi connectivity index (χ0) is 19.1. The summed E-state index contributed by atoms with van der Waals surface area (Å²) in [6, 6.07) is 8.40. The Kier molecular flexibility index (Phi) is 4.39. The second kappa shape index (κ2) is 6.40. The molecule has 1 unspecified atom stereocenters. The van der Waals surface area contributed by atoms with Gasteiger partial charge in [0.1, 0.15) is 5.82 Å². The highest BCUT2D eigenvalue weighted by Gasteiger charge is 2.19. The van der Waals surface area contributed by atoms with Gasteiger partial charge in [0.25, 0.3) is 5.69 Å². The molecular weight excluding hydrogens is 330 g/mol. The maximum absolute atomic E-state index is 10.9. The first-order valence-corrected chi connectivity index (χ1v) is 8.53. The maximum atomic E-state index is 10.9. The Morgan fingerprint density at radius 1 is 1.23 bits per heavy atom. The molecule has 0 bridgehead atoms. The highest BCUT2D eigenvalue weighted by molar-refractivity contribution is 5.82. The normalized spacial score (nSPS) is 13.0. The first-order valence-electron chi connectivity index (χ1n) is 8.53. The van der Waals surface area contributed by atoms with E-state index in [4.69, 9.17) is 0 Å². The first kappa shape index (κ1) is 17.8. The Hall–Kier alpha value is -2.96. The molecule has 1 atom stereocenters. The number of nitrogens with zero attached hydrogens (tertiary/aromatic N) is 4. The van der Waals surface area contributed by atoms with Crippen molar-refractivity contribution >= 4 is 22.4 Å². The van der Waals surface area contributed by atoms with Crippen LogP contribution in [0, 0.1) is 17.0 Å². The Bertz CT molecular complexity index is 972. The third kappa shape index (κ3) is 3.51. The second-order valence-corrected chi connectivity index (χ2v) is 7.48. The number of non-ortho nitro benzene ring substituents is 1.